The van der Waals surface area contributed by atoms with Gasteiger partial charge < -0.3 is 11.1 Å². The van der Waals surface area contributed by atoms with E-state index >= 15 is 0 Å². The van der Waals surface area contributed by atoms with Crippen LogP contribution in [-0.2, 0) is 11.2 Å². The van der Waals surface area contributed by atoms with Crippen LogP contribution in [0.25, 0.3) is 0 Å². The number of thiophene rings is 1. The largest absolute Gasteiger partial charge is 0.393 e. The lowest BCUT2D eigenvalue weighted by Crippen LogP contribution is -2.40. The number of fused-ring (bicyclic) bond motifs is 1. The van der Waals surface area contributed by atoms with E-state index in [4.69, 9.17) is 18.0 Å². The molecule has 1 aliphatic rings. The van der Waals surface area contributed by atoms with E-state index in [9.17, 15) is 4.79 Å². The van der Waals surface area contributed by atoms with E-state index < -0.39 is 0 Å². The molecular formula is C14H20N2OS2. The molecule has 0 bridgehead atoms. The molecule has 2 atom stereocenters. The third-order valence-corrected chi connectivity index (χ3v) is 4.89. The SMILES string of the molecule is CCCC(C(=O)NC1CCCc2sccc21)C(N)=S. The van der Waals surface area contributed by atoms with E-state index in [0.717, 1.165) is 32.1 Å². The van der Waals surface area contributed by atoms with Gasteiger partial charge in [-0.05, 0) is 42.7 Å². The molecule has 1 heterocycles. The van der Waals surface area contributed by atoms with Crippen LogP contribution >= 0.6 is 23.6 Å². The van der Waals surface area contributed by atoms with Gasteiger partial charge in [0.1, 0.15) is 0 Å². The maximum absolute atomic E-state index is 12.3. The molecule has 0 saturated carbocycles. The Morgan fingerprint density at radius 3 is 3.16 bits per heavy atom. The Labute approximate surface area is 123 Å². The van der Waals surface area contributed by atoms with Crippen molar-refractivity contribution in [2.45, 2.75) is 45.1 Å². The molecule has 0 spiro atoms. The maximum Gasteiger partial charge on any atom is 0.230 e. The first-order valence-electron chi connectivity index (χ1n) is 6.79. The normalized spacial score (nSPS) is 19.5. The smallest absolute Gasteiger partial charge is 0.230 e. The monoisotopic (exact) mass is 296 g/mol. The Balaban J connectivity index is 2.06. The summed E-state index contributed by atoms with van der Waals surface area (Å²) in [5, 5.41) is 5.23. The van der Waals surface area contributed by atoms with Crippen molar-refractivity contribution in [3.05, 3.63) is 21.9 Å². The number of hydrogen-bond donors (Lipinski definition) is 2. The fourth-order valence-electron chi connectivity index (χ4n) is 2.60. The molecule has 0 aliphatic heterocycles. The van der Waals surface area contributed by atoms with Crippen molar-refractivity contribution in [3.63, 3.8) is 0 Å². The summed E-state index contributed by atoms with van der Waals surface area (Å²) in [6.07, 6.45) is 4.90. The van der Waals surface area contributed by atoms with Crippen molar-refractivity contribution in [1.29, 1.82) is 0 Å². The Hall–Kier alpha value is -0.940. The summed E-state index contributed by atoms with van der Waals surface area (Å²) in [6, 6.07) is 2.26. The molecule has 1 aliphatic carbocycles. The predicted molar refractivity (Wildman–Crippen MR) is 83.3 cm³/mol. The van der Waals surface area contributed by atoms with Crippen molar-refractivity contribution < 1.29 is 4.79 Å². The van der Waals surface area contributed by atoms with Gasteiger partial charge in [0.25, 0.3) is 0 Å². The molecule has 3 nitrogen and oxygen atoms in total. The van der Waals surface area contributed by atoms with Gasteiger partial charge in [-0.15, -0.1) is 11.3 Å². The number of hydrogen-bond acceptors (Lipinski definition) is 3. The number of aryl methyl sites for hydroxylation is 1. The van der Waals surface area contributed by atoms with E-state index in [1.807, 2.05) is 6.92 Å². The van der Waals surface area contributed by atoms with Gasteiger partial charge in [0.2, 0.25) is 5.91 Å². The molecule has 19 heavy (non-hydrogen) atoms. The molecular weight excluding hydrogens is 276 g/mol. The van der Waals surface area contributed by atoms with Crippen LogP contribution in [0.2, 0.25) is 0 Å². The molecule has 1 aromatic heterocycles. The molecule has 0 radical (unpaired) electrons. The highest BCUT2D eigenvalue weighted by Gasteiger charge is 2.27. The highest BCUT2D eigenvalue weighted by atomic mass is 32.1. The van der Waals surface area contributed by atoms with Gasteiger partial charge in [0.15, 0.2) is 0 Å². The Morgan fingerprint density at radius 1 is 1.68 bits per heavy atom. The molecule has 0 aromatic carbocycles. The first-order chi connectivity index (χ1) is 9.13. The third-order valence-electron chi connectivity index (χ3n) is 3.61. The van der Waals surface area contributed by atoms with Crippen LogP contribution in [0.4, 0.5) is 0 Å². The third kappa shape index (κ3) is 3.34. The van der Waals surface area contributed by atoms with Crippen molar-refractivity contribution >= 4 is 34.5 Å². The van der Waals surface area contributed by atoms with Gasteiger partial charge in [-0.2, -0.15) is 0 Å². The van der Waals surface area contributed by atoms with Crippen LogP contribution in [-0.4, -0.2) is 10.9 Å². The highest BCUT2D eigenvalue weighted by molar-refractivity contribution is 7.80. The molecule has 104 valence electrons. The second-order valence-electron chi connectivity index (χ2n) is 5.00. The molecule has 3 N–H and O–H groups in total. The summed E-state index contributed by atoms with van der Waals surface area (Å²) < 4.78 is 0. The summed E-state index contributed by atoms with van der Waals surface area (Å²) in [5.41, 5.74) is 6.96. The summed E-state index contributed by atoms with van der Waals surface area (Å²) in [7, 11) is 0. The summed E-state index contributed by atoms with van der Waals surface area (Å²) in [6.45, 7) is 2.04. The minimum atomic E-state index is -0.330. The zero-order valence-corrected chi connectivity index (χ0v) is 12.8. The van der Waals surface area contributed by atoms with E-state index in [2.05, 4.69) is 16.8 Å². The molecule has 0 saturated heterocycles. The Morgan fingerprint density at radius 2 is 2.47 bits per heavy atom. The molecule has 1 amide bonds. The minimum absolute atomic E-state index is 0.0154. The van der Waals surface area contributed by atoms with Gasteiger partial charge >= 0.3 is 0 Å². The van der Waals surface area contributed by atoms with Crippen molar-refractivity contribution in [3.8, 4) is 0 Å². The van der Waals surface area contributed by atoms with Crippen LogP contribution in [0.3, 0.4) is 0 Å². The summed E-state index contributed by atoms with van der Waals surface area (Å²) in [4.78, 5) is 14.0. The van der Waals surface area contributed by atoms with Gasteiger partial charge in [0.05, 0.1) is 16.9 Å². The van der Waals surface area contributed by atoms with Gasteiger partial charge in [-0.3, -0.25) is 4.79 Å². The van der Waals surface area contributed by atoms with Gasteiger partial charge in [-0.25, -0.2) is 0 Å². The predicted octanol–water partition coefficient (Wildman–Crippen LogP) is 2.94. The molecule has 5 heteroatoms. The fourth-order valence-corrected chi connectivity index (χ4v) is 3.81. The fraction of sp³-hybridized carbons (Fsp3) is 0.571. The van der Waals surface area contributed by atoms with Crippen LogP contribution < -0.4 is 11.1 Å². The standard InChI is InChI=1S/C14H20N2OS2/c1-2-4-10(13(15)18)14(17)16-11-5-3-6-12-9(11)7-8-19-12/h7-8,10-11H,2-6H2,1H3,(H2,15,18)(H,16,17). The summed E-state index contributed by atoms with van der Waals surface area (Å²) in [5.74, 6) is -0.345. The maximum atomic E-state index is 12.3. The number of thiocarbonyl (C=S) groups is 1. The second-order valence-corrected chi connectivity index (χ2v) is 6.47. The quantitative estimate of drug-likeness (QED) is 0.821. The number of nitrogens with two attached hydrogens (primary N) is 1. The lowest BCUT2D eigenvalue weighted by Gasteiger charge is -2.25. The van der Waals surface area contributed by atoms with Crippen molar-refractivity contribution in [1.82, 2.24) is 5.32 Å². The van der Waals surface area contributed by atoms with E-state index in [-0.39, 0.29) is 17.9 Å². The Bertz CT molecular complexity index is 470. The van der Waals surface area contributed by atoms with Crippen molar-refractivity contribution in [2.75, 3.05) is 0 Å². The topological polar surface area (TPSA) is 55.1 Å². The average Bonchev–Trinajstić information content (AvgIpc) is 2.84. The van der Waals surface area contributed by atoms with E-state index in [1.54, 1.807) is 11.3 Å². The molecule has 0 fully saturated rings. The molecule has 2 unspecified atom stereocenters. The van der Waals surface area contributed by atoms with E-state index in [1.165, 1.54) is 10.4 Å². The highest BCUT2D eigenvalue weighted by Crippen LogP contribution is 2.33. The Kier molecular flexibility index (Phi) is 4.93. The number of carbonyl (C=O) groups is 1. The van der Waals surface area contributed by atoms with E-state index in [0.29, 0.717) is 4.99 Å². The lowest BCUT2D eigenvalue weighted by molar-refractivity contribution is -0.124. The van der Waals surface area contributed by atoms with Crippen molar-refractivity contribution in [2.24, 2.45) is 11.7 Å². The van der Waals surface area contributed by atoms with Crippen LogP contribution in [0.15, 0.2) is 11.4 Å². The first-order valence-corrected chi connectivity index (χ1v) is 8.08. The zero-order valence-electron chi connectivity index (χ0n) is 11.1. The number of rotatable bonds is 5. The number of carbonyl (C=O) groups excluding carboxylic acids is 1. The van der Waals surface area contributed by atoms with Crippen LogP contribution in [0, 0.1) is 5.92 Å². The zero-order chi connectivity index (χ0) is 13.8. The van der Waals surface area contributed by atoms with Crippen LogP contribution in [0.5, 0.6) is 0 Å². The number of amides is 1. The summed E-state index contributed by atoms with van der Waals surface area (Å²) >= 11 is 6.79. The second kappa shape index (κ2) is 6.48. The first kappa shape index (κ1) is 14.5. The molecule has 2 rings (SSSR count). The van der Waals surface area contributed by atoms with Gasteiger partial charge in [-0.1, -0.05) is 25.6 Å². The minimum Gasteiger partial charge on any atom is -0.393 e. The lowest BCUT2D eigenvalue weighted by atomic mass is 9.93. The molecule has 1 aromatic rings. The van der Waals surface area contributed by atoms with Gasteiger partial charge in [0, 0.05) is 4.88 Å². The van der Waals surface area contributed by atoms with Crippen LogP contribution in [0.1, 0.15) is 49.1 Å². The average molecular weight is 296 g/mol. The number of nitrogens with one attached hydrogen (secondary N) is 1.